The van der Waals surface area contributed by atoms with Gasteiger partial charge in [0.1, 0.15) is 5.44 Å². The molecule has 0 amide bonds. The molecule has 0 aliphatic heterocycles. The molecule has 1 N–H and O–H groups in total. The molecule has 0 aromatic heterocycles. The lowest BCUT2D eigenvalue weighted by Gasteiger charge is -1.97. The maximum absolute atomic E-state index is 10.4. The lowest BCUT2D eigenvalue weighted by Crippen LogP contribution is -2.08. The van der Waals surface area contributed by atoms with Gasteiger partial charge < -0.3 is 5.11 Å². The SMILES string of the molecule is CC(=O)C(=O)SC(C)O. The second kappa shape index (κ2) is 3.63. The first-order valence-corrected chi connectivity index (χ1v) is 3.31. The van der Waals surface area contributed by atoms with Gasteiger partial charge in [-0.1, -0.05) is 0 Å². The molecule has 3 nitrogen and oxygen atoms in total. The number of carbonyl (C=O) groups excluding carboxylic acids is 2. The number of hydrogen-bond acceptors (Lipinski definition) is 4. The second-order valence-electron chi connectivity index (χ2n) is 1.56. The van der Waals surface area contributed by atoms with E-state index < -0.39 is 16.3 Å². The molecule has 0 fully saturated rings. The normalized spacial score (nSPS) is 12.8. The molecule has 9 heavy (non-hydrogen) atoms. The largest absolute Gasteiger partial charge is 0.382 e. The number of carbonyl (C=O) groups is 2. The summed E-state index contributed by atoms with van der Waals surface area (Å²) in [6.07, 6.45) is 0. The molecule has 0 aliphatic rings. The smallest absolute Gasteiger partial charge is 0.257 e. The fraction of sp³-hybridized carbons (Fsp3) is 0.600. The van der Waals surface area contributed by atoms with Crippen molar-refractivity contribution in [2.24, 2.45) is 0 Å². The Balaban J connectivity index is 3.65. The van der Waals surface area contributed by atoms with Crippen molar-refractivity contribution in [1.29, 1.82) is 0 Å². The number of Topliss-reactive ketones (excluding diaryl/α,β-unsaturated/α-hetero) is 1. The molecule has 0 rings (SSSR count). The quantitative estimate of drug-likeness (QED) is 0.448. The van der Waals surface area contributed by atoms with E-state index in [4.69, 9.17) is 5.11 Å². The van der Waals surface area contributed by atoms with Crippen molar-refractivity contribution >= 4 is 22.7 Å². The summed E-state index contributed by atoms with van der Waals surface area (Å²) in [5.74, 6) is -0.527. The van der Waals surface area contributed by atoms with Crippen LogP contribution in [0, 0.1) is 0 Å². The average Bonchev–Trinajstić information content (AvgIpc) is 1.63. The Hall–Kier alpha value is -0.350. The van der Waals surface area contributed by atoms with Crippen LogP contribution in [0.4, 0.5) is 0 Å². The van der Waals surface area contributed by atoms with E-state index in [-0.39, 0.29) is 0 Å². The molecule has 0 aliphatic carbocycles. The van der Waals surface area contributed by atoms with E-state index in [1.807, 2.05) is 0 Å². The van der Waals surface area contributed by atoms with Gasteiger partial charge in [-0.25, -0.2) is 0 Å². The van der Waals surface area contributed by atoms with Gasteiger partial charge in [0.25, 0.3) is 5.12 Å². The maximum Gasteiger partial charge on any atom is 0.257 e. The number of hydrogen-bond donors (Lipinski definition) is 1. The Kier molecular flexibility index (Phi) is 3.49. The molecule has 0 aromatic carbocycles. The highest BCUT2D eigenvalue weighted by atomic mass is 32.2. The van der Waals surface area contributed by atoms with Gasteiger partial charge in [0, 0.05) is 6.92 Å². The van der Waals surface area contributed by atoms with Gasteiger partial charge in [-0.3, -0.25) is 9.59 Å². The molecular formula is C5H8O3S. The molecule has 1 atom stereocenters. The lowest BCUT2D eigenvalue weighted by molar-refractivity contribution is -0.130. The predicted octanol–water partition coefficient (Wildman–Crippen LogP) is 0.173. The van der Waals surface area contributed by atoms with Gasteiger partial charge in [0.2, 0.25) is 5.78 Å². The second-order valence-corrected chi connectivity index (χ2v) is 2.85. The monoisotopic (exact) mass is 148 g/mol. The highest BCUT2D eigenvalue weighted by Gasteiger charge is 2.10. The number of aliphatic hydroxyl groups is 1. The van der Waals surface area contributed by atoms with Gasteiger partial charge in [-0.05, 0) is 18.7 Å². The van der Waals surface area contributed by atoms with Gasteiger partial charge in [-0.2, -0.15) is 0 Å². The zero-order chi connectivity index (χ0) is 7.44. The van der Waals surface area contributed by atoms with Crippen LogP contribution >= 0.6 is 11.8 Å². The number of rotatable bonds is 2. The molecule has 0 bridgehead atoms. The van der Waals surface area contributed by atoms with Crippen molar-refractivity contribution in [1.82, 2.24) is 0 Å². The predicted molar refractivity (Wildman–Crippen MR) is 35.0 cm³/mol. The molecule has 0 aromatic rings. The van der Waals surface area contributed by atoms with Crippen LogP contribution in [0.15, 0.2) is 0 Å². The van der Waals surface area contributed by atoms with Crippen LogP contribution in [-0.4, -0.2) is 21.4 Å². The zero-order valence-electron chi connectivity index (χ0n) is 5.25. The van der Waals surface area contributed by atoms with Crippen LogP contribution in [-0.2, 0) is 9.59 Å². The van der Waals surface area contributed by atoms with E-state index in [0.29, 0.717) is 11.8 Å². The number of thioether (sulfide) groups is 1. The fourth-order valence-electron chi connectivity index (χ4n) is 0.238. The van der Waals surface area contributed by atoms with Crippen molar-refractivity contribution in [3.8, 4) is 0 Å². The third-order valence-corrected chi connectivity index (χ3v) is 1.41. The van der Waals surface area contributed by atoms with Crippen molar-refractivity contribution in [3.63, 3.8) is 0 Å². The molecule has 0 saturated heterocycles. The Morgan fingerprint density at radius 1 is 1.56 bits per heavy atom. The van der Waals surface area contributed by atoms with Crippen molar-refractivity contribution in [3.05, 3.63) is 0 Å². The minimum atomic E-state index is -0.790. The Labute approximate surface area is 57.4 Å². The Bertz CT molecular complexity index is 130. The van der Waals surface area contributed by atoms with E-state index in [0.717, 1.165) is 0 Å². The van der Waals surface area contributed by atoms with Crippen LogP contribution < -0.4 is 0 Å². The summed E-state index contributed by atoms with van der Waals surface area (Å²) >= 11 is 0.630. The highest BCUT2D eigenvalue weighted by molar-refractivity contribution is 8.15. The van der Waals surface area contributed by atoms with E-state index in [2.05, 4.69) is 0 Å². The molecule has 0 spiro atoms. The summed E-state index contributed by atoms with van der Waals surface area (Å²) in [6, 6.07) is 0. The standard InChI is InChI=1S/C5H8O3S/c1-3(6)5(8)9-4(2)7/h4,7H,1-2H3. The van der Waals surface area contributed by atoms with Crippen molar-refractivity contribution < 1.29 is 14.7 Å². The number of aliphatic hydroxyl groups excluding tert-OH is 1. The molecule has 4 heteroatoms. The molecule has 1 unspecified atom stereocenters. The van der Waals surface area contributed by atoms with Crippen molar-refractivity contribution in [2.75, 3.05) is 0 Å². The molecule has 0 saturated carbocycles. The summed E-state index contributed by atoms with van der Waals surface area (Å²) in [6.45, 7) is 2.61. The van der Waals surface area contributed by atoms with E-state index in [1.54, 1.807) is 0 Å². The van der Waals surface area contributed by atoms with Gasteiger partial charge in [0.05, 0.1) is 0 Å². The van der Waals surface area contributed by atoms with E-state index >= 15 is 0 Å². The van der Waals surface area contributed by atoms with E-state index in [1.165, 1.54) is 13.8 Å². The van der Waals surface area contributed by atoms with E-state index in [9.17, 15) is 9.59 Å². The van der Waals surface area contributed by atoms with Crippen molar-refractivity contribution in [2.45, 2.75) is 19.3 Å². The minimum Gasteiger partial charge on any atom is -0.382 e. The van der Waals surface area contributed by atoms with Crippen LogP contribution in [0.5, 0.6) is 0 Å². The summed E-state index contributed by atoms with van der Waals surface area (Å²) in [5.41, 5.74) is -0.790. The van der Waals surface area contributed by atoms with Gasteiger partial charge in [0.15, 0.2) is 0 Å². The minimum absolute atomic E-state index is 0.527. The van der Waals surface area contributed by atoms with Crippen LogP contribution in [0.25, 0.3) is 0 Å². The number of ketones is 1. The van der Waals surface area contributed by atoms with Crippen LogP contribution in [0.1, 0.15) is 13.8 Å². The lowest BCUT2D eigenvalue weighted by atomic mass is 10.5. The van der Waals surface area contributed by atoms with Gasteiger partial charge in [-0.15, -0.1) is 0 Å². The third-order valence-electron chi connectivity index (χ3n) is 0.565. The first kappa shape index (κ1) is 8.65. The Morgan fingerprint density at radius 2 is 2.00 bits per heavy atom. The summed E-state index contributed by atoms with van der Waals surface area (Å²) in [4.78, 5) is 20.6. The molecule has 0 radical (unpaired) electrons. The fourth-order valence-corrected chi connectivity index (χ4v) is 0.714. The first-order valence-electron chi connectivity index (χ1n) is 2.43. The average molecular weight is 148 g/mol. The van der Waals surface area contributed by atoms with Gasteiger partial charge >= 0.3 is 0 Å². The molecule has 0 heterocycles. The summed E-state index contributed by atoms with van der Waals surface area (Å²) in [7, 11) is 0. The topological polar surface area (TPSA) is 54.4 Å². The molecule has 52 valence electrons. The summed E-state index contributed by atoms with van der Waals surface area (Å²) in [5, 5.41) is 7.97. The third kappa shape index (κ3) is 4.17. The zero-order valence-corrected chi connectivity index (χ0v) is 6.07. The van der Waals surface area contributed by atoms with Crippen LogP contribution in [0.2, 0.25) is 0 Å². The molecular weight excluding hydrogens is 140 g/mol. The summed E-state index contributed by atoms with van der Waals surface area (Å²) < 4.78 is 0. The van der Waals surface area contributed by atoms with Crippen LogP contribution in [0.3, 0.4) is 0 Å². The first-order chi connectivity index (χ1) is 4.04. The highest BCUT2D eigenvalue weighted by Crippen LogP contribution is 2.07. The maximum atomic E-state index is 10.4. The Morgan fingerprint density at radius 3 is 2.11 bits per heavy atom.